The molecular weight excluding hydrogens is 378 g/mol. The fourth-order valence-corrected chi connectivity index (χ4v) is 3.38. The van der Waals surface area contributed by atoms with Crippen molar-refractivity contribution in [1.82, 2.24) is 9.80 Å². The van der Waals surface area contributed by atoms with Crippen LogP contribution in [0.2, 0.25) is 0 Å². The molecule has 1 aliphatic rings. The molecule has 2 aromatic rings. The summed E-state index contributed by atoms with van der Waals surface area (Å²) in [5.41, 5.74) is 0.443. The number of ether oxygens (including phenoxy) is 1. The smallest absolute Gasteiger partial charge is 0.253 e. The van der Waals surface area contributed by atoms with E-state index in [1.54, 1.807) is 35.0 Å². The summed E-state index contributed by atoms with van der Waals surface area (Å²) in [5, 5.41) is 0. The van der Waals surface area contributed by atoms with Gasteiger partial charge in [0.2, 0.25) is 5.91 Å². The van der Waals surface area contributed by atoms with E-state index in [1.165, 1.54) is 30.3 Å². The molecule has 0 saturated carbocycles. The Balaban J connectivity index is 1.44. The number of amides is 2. The van der Waals surface area contributed by atoms with Crippen LogP contribution in [0.1, 0.15) is 23.2 Å². The number of rotatable bonds is 6. The van der Waals surface area contributed by atoms with Gasteiger partial charge in [-0.05, 0) is 49.2 Å². The van der Waals surface area contributed by atoms with Gasteiger partial charge in [-0.15, -0.1) is 0 Å². The third-order valence-corrected chi connectivity index (χ3v) is 5.12. The van der Waals surface area contributed by atoms with Crippen molar-refractivity contribution >= 4 is 11.8 Å². The number of likely N-dealkylation sites (tertiary alicyclic amines) is 1. The molecule has 0 radical (unpaired) electrons. The predicted octanol–water partition coefficient (Wildman–Crippen LogP) is 3.35. The quantitative estimate of drug-likeness (QED) is 0.745. The van der Waals surface area contributed by atoms with Crippen LogP contribution in [0.3, 0.4) is 0 Å². The van der Waals surface area contributed by atoms with Gasteiger partial charge in [0.15, 0.2) is 11.6 Å². The molecule has 7 heteroatoms. The van der Waals surface area contributed by atoms with Crippen LogP contribution in [0.4, 0.5) is 8.78 Å². The molecule has 0 aliphatic carbocycles. The van der Waals surface area contributed by atoms with Gasteiger partial charge in [-0.1, -0.05) is 12.1 Å². The van der Waals surface area contributed by atoms with Gasteiger partial charge >= 0.3 is 0 Å². The summed E-state index contributed by atoms with van der Waals surface area (Å²) in [6.07, 6.45) is 1.15. The molecular formula is C22H24F2N2O3. The van der Waals surface area contributed by atoms with Gasteiger partial charge in [0, 0.05) is 31.6 Å². The third kappa shape index (κ3) is 5.31. The zero-order chi connectivity index (χ0) is 20.8. The molecule has 2 aromatic carbocycles. The minimum atomic E-state index is -0.431. The van der Waals surface area contributed by atoms with Crippen molar-refractivity contribution < 1.29 is 23.1 Å². The third-order valence-electron chi connectivity index (χ3n) is 5.12. The van der Waals surface area contributed by atoms with Crippen molar-refractivity contribution in [3.63, 3.8) is 0 Å². The summed E-state index contributed by atoms with van der Waals surface area (Å²) >= 11 is 0. The SMILES string of the molecule is CN(CCOc1ccccc1F)C(=O)C1CCN(C(=O)c2ccc(F)cc2)CC1. The minimum absolute atomic E-state index is 0.00369. The average molecular weight is 402 g/mol. The van der Waals surface area contributed by atoms with E-state index in [1.807, 2.05) is 0 Å². The van der Waals surface area contributed by atoms with Crippen LogP contribution in [0.5, 0.6) is 5.75 Å². The molecule has 154 valence electrons. The molecule has 1 fully saturated rings. The molecule has 0 unspecified atom stereocenters. The number of likely N-dealkylation sites (N-methyl/N-ethyl adjacent to an activating group) is 1. The van der Waals surface area contributed by atoms with Crippen molar-refractivity contribution in [3.8, 4) is 5.75 Å². The van der Waals surface area contributed by atoms with Gasteiger partial charge < -0.3 is 14.5 Å². The maximum Gasteiger partial charge on any atom is 0.253 e. The molecule has 5 nitrogen and oxygen atoms in total. The minimum Gasteiger partial charge on any atom is -0.489 e. The predicted molar refractivity (Wildman–Crippen MR) is 105 cm³/mol. The summed E-state index contributed by atoms with van der Waals surface area (Å²) < 4.78 is 32.0. The Labute approximate surface area is 168 Å². The maximum absolute atomic E-state index is 13.6. The number of piperidine rings is 1. The van der Waals surface area contributed by atoms with Crippen molar-refractivity contribution in [2.75, 3.05) is 33.3 Å². The molecule has 1 aliphatic heterocycles. The number of hydrogen-bond donors (Lipinski definition) is 0. The highest BCUT2D eigenvalue weighted by molar-refractivity contribution is 5.94. The van der Waals surface area contributed by atoms with Gasteiger partial charge in [-0.3, -0.25) is 9.59 Å². The van der Waals surface area contributed by atoms with E-state index in [0.717, 1.165) is 0 Å². The number of carbonyl (C=O) groups excluding carboxylic acids is 2. The molecule has 0 bridgehead atoms. The lowest BCUT2D eigenvalue weighted by Gasteiger charge is -2.33. The first kappa shape index (κ1) is 20.8. The number of halogens is 2. The Bertz CT molecular complexity index is 849. The first-order chi connectivity index (χ1) is 14.0. The van der Waals surface area contributed by atoms with Crippen LogP contribution < -0.4 is 4.74 Å². The topological polar surface area (TPSA) is 49.9 Å². The van der Waals surface area contributed by atoms with E-state index in [4.69, 9.17) is 4.74 Å². The molecule has 0 atom stereocenters. The summed E-state index contributed by atoms with van der Waals surface area (Å²) in [6.45, 7) is 1.51. The Morgan fingerprint density at radius 2 is 1.72 bits per heavy atom. The maximum atomic E-state index is 13.6. The fourth-order valence-electron chi connectivity index (χ4n) is 3.38. The lowest BCUT2D eigenvalue weighted by molar-refractivity contribution is -0.135. The van der Waals surface area contributed by atoms with Gasteiger partial charge in [0.1, 0.15) is 12.4 Å². The molecule has 29 heavy (non-hydrogen) atoms. The second kappa shape index (κ2) is 9.49. The van der Waals surface area contributed by atoms with Crippen LogP contribution in [0, 0.1) is 17.6 Å². The molecule has 0 N–H and O–H groups in total. The van der Waals surface area contributed by atoms with Crippen molar-refractivity contribution in [3.05, 3.63) is 65.7 Å². The van der Waals surface area contributed by atoms with Gasteiger partial charge in [-0.2, -0.15) is 0 Å². The number of benzene rings is 2. The molecule has 1 saturated heterocycles. The highest BCUT2D eigenvalue weighted by Gasteiger charge is 2.29. The van der Waals surface area contributed by atoms with E-state index >= 15 is 0 Å². The van der Waals surface area contributed by atoms with Crippen LogP contribution in [0.15, 0.2) is 48.5 Å². The molecule has 0 spiro atoms. The lowest BCUT2D eigenvalue weighted by Crippen LogP contribution is -2.44. The Morgan fingerprint density at radius 1 is 1.07 bits per heavy atom. The molecule has 0 aromatic heterocycles. The zero-order valence-electron chi connectivity index (χ0n) is 16.3. The monoisotopic (exact) mass is 402 g/mol. The van der Waals surface area contributed by atoms with E-state index in [2.05, 4.69) is 0 Å². The first-order valence-electron chi connectivity index (χ1n) is 9.63. The summed E-state index contributed by atoms with van der Waals surface area (Å²) in [4.78, 5) is 28.4. The number of para-hydroxylation sites is 1. The number of carbonyl (C=O) groups is 2. The first-order valence-corrected chi connectivity index (χ1v) is 9.63. The van der Waals surface area contributed by atoms with Crippen LogP contribution in [-0.4, -0.2) is 54.9 Å². The molecule has 1 heterocycles. The van der Waals surface area contributed by atoms with E-state index in [0.29, 0.717) is 38.0 Å². The van der Waals surface area contributed by atoms with Crippen molar-refractivity contribution in [2.45, 2.75) is 12.8 Å². The zero-order valence-corrected chi connectivity index (χ0v) is 16.3. The van der Waals surface area contributed by atoms with Crippen LogP contribution in [-0.2, 0) is 4.79 Å². The highest BCUT2D eigenvalue weighted by Crippen LogP contribution is 2.21. The largest absolute Gasteiger partial charge is 0.489 e. The van der Waals surface area contributed by atoms with Gasteiger partial charge in [0.05, 0.1) is 6.54 Å². The van der Waals surface area contributed by atoms with E-state index in [-0.39, 0.29) is 35.9 Å². The second-order valence-corrected chi connectivity index (χ2v) is 7.11. The lowest BCUT2D eigenvalue weighted by atomic mass is 9.95. The average Bonchev–Trinajstić information content (AvgIpc) is 2.74. The van der Waals surface area contributed by atoms with Gasteiger partial charge in [-0.25, -0.2) is 8.78 Å². The normalized spacial score (nSPS) is 14.5. The molecule has 2 amide bonds. The summed E-state index contributed by atoms with van der Waals surface area (Å²) in [6, 6.07) is 11.6. The van der Waals surface area contributed by atoms with E-state index < -0.39 is 5.82 Å². The Kier molecular flexibility index (Phi) is 6.80. The second-order valence-electron chi connectivity index (χ2n) is 7.11. The van der Waals surface area contributed by atoms with Crippen molar-refractivity contribution in [1.29, 1.82) is 0 Å². The Hall–Kier alpha value is -2.96. The Morgan fingerprint density at radius 3 is 2.38 bits per heavy atom. The van der Waals surface area contributed by atoms with Crippen LogP contribution in [0.25, 0.3) is 0 Å². The number of nitrogens with zero attached hydrogens (tertiary/aromatic N) is 2. The molecule has 3 rings (SSSR count). The highest BCUT2D eigenvalue weighted by atomic mass is 19.1. The van der Waals surface area contributed by atoms with Crippen molar-refractivity contribution in [2.24, 2.45) is 5.92 Å². The number of hydrogen-bond acceptors (Lipinski definition) is 3. The van der Waals surface area contributed by atoms with E-state index in [9.17, 15) is 18.4 Å². The summed E-state index contributed by atoms with van der Waals surface area (Å²) in [5.74, 6) is -0.960. The summed E-state index contributed by atoms with van der Waals surface area (Å²) in [7, 11) is 1.70. The van der Waals surface area contributed by atoms with Gasteiger partial charge in [0.25, 0.3) is 5.91 Å². The fraction of sp³-hybridized carbons (Fsp3) is 0.364. The van der Waals surface area contributed by atoms with Crippen LogP contribution >= 0.6 is 0 Å². The standard InChI is InChI=1S/C22H24F2N2O3/c1-25(14-15-29-20-5-3-2-4-19(20)24)21(27)17-10-12-26(13-11-17)22(28)16-6-8-18(23)9-7-16/h2-9,17H,10-15H2,1H3.